The van der Waals surface area contributed by atoms with Gasteiger partial charge in [0.15, 0.2) is 0 Å². The largest absolute Gasteiger partial charge is 0.382 e. The van der Waals surface area contributed by atoms with E-state index in [4.69, 9.17) is 15.2 Å². The minimum Gasteiger partial charge on any atom is -0.382 e. The van der Waals surface area contributed by atoms with Crippen LogP contribution in [0.25, 0.3) is 0 Å². The van der Waals surface area contributed by atoms with Crippen molar-refractivity contribution in [3.05, 3.63) is 0 Å². The quantitative estimate of drug-likeness (QED) is 0.690. The Bertz CT molecular complexity index is 331. The summed E-state index contributed by atoms with van der Waals surface area (Å²) in [5.41, 5.74) is 6.08. The summed E-state index contributed by atoms with van der Waals surface area (Å²) >= 11 is 0. The average molecular weight is 279 g/mol. The molecule has 0 aromatic rings. The van der Waals surface area contributed by atoms with Gasteiger partial charge in [-0.3, -0.25) is 0 Å². The molecule has 1 saturated carbocycles. The molecule has 0 amide bonds. The molecular weight excluding hydrogens is 254 g/mol. The Balaban J connectivity index is 2.36. The van der Waals surface area contributed by atoms with Crippen molar-refractivity contribution in [2.24, 2.45) is 11.7 Å². The van der Waals surface area contributed by atoms with E-state index in [1.807, 2.05) is 0 Å². The van der Waals surface area contributed by atoms with Gasteiger partial charge in [0.2, 0.25) is 0 Å². The maximum absolute atomic E-state index is 11.6. The standard InChI is InChI=1S/C12H25NO4S/c1-16-6-7-17-9-12(13)10-4-3-5-11(8-10)18(2,14)15/h10-12H,3-9,13H2,1-2H3. The van der Waals surface area contributed by atoms with Crippen LogP contribution in [0, 0.1) is 5.92 Å². The average Bonchev–Trinajstić information content (AvgIpc) is 2.33. The molecule has 0 heterocycles. The fourth-order valence-corrected chi connectivity index (χ4v) is 3.65. The Morgan fingerprint density at radius 1 is 1.33 bits per heavy atom. The predicted molar refractivity (Wildman–Crippen MR) is 71.3 cm³/mol. The van der Waals surface area contributed by atoms with Gasteiger partial charge >= 0.3 is 0 Å². The van der Waals surface area contributed by atoms with Crippen LogP contribution < -0.4 is 5.73 Å². The first-order chi connectivity index (χ1) is 8.45. The lowest BCUT2D eigenvalue weighted by Gasteiger charge is -2.31. The molecule has 3 atom stereocenters. The predicted octanol–water partition coefficient (Wildman–Crippen LogP) is 0.580. The molecule has 1 rings (SSSR count). The van der Waals surface area contributed by atoms with Gasteiger partial charge in [-0.2, -0.15) is 0 Å². The van der Waals surface area contributed by atoms with Gasteiger partial charge in [-0.05, 0) is 25.2 Å². The van der Waals surface area contributed by atoms with Crippen LogP contribution in [-0.4, -0.2) is 52.9 Å². The number of hydrogen-bond acceptors (Lipinski definition) is 5. The van der Waals surface area contributed by atoms with E-state index in [1.54, 1.807) is 7.11 Å². The third kappa shape index (κ3) is 5.22. The first kappa shape index (κ1) is 15.9. The second-order valence-corrected chi connectivity index (χ2v) is 7.44. The lowest BCUT2D eigenvalue weighted by atomic mass is 9.84. The Morgan fingerprint density at radius 2 is 2.06 bits per heavy atom. The molecule has 18 heavy (non-hydrogen) atoms. The summed E-state index contributed by atoms with van der Waals surface area (Å²) in [5.74, 6) is 0.251. The highest BCUT2D eigenvalue weighted by Gasteiger charge is 2.31. The molecule has 1 fully saturated rings. The summed E-state index contributed by atoms with van der Waals surface area (Å²) in [5, 5.41) is -0.221. The van der Waals surface area contributed by atoms with E-state index < -0.39 is 9.84 Å². The van der Waals surface area contributed by atoms with Crippen molar-refractivity contribution in [1.29, 1.82) is 0 Å². The highest BCUT2D eigenvalue weighted by atomic mass is 32.2. The van der Waals surface area contributed by atoms with Crippen LogP contribution in [0.15, 0.2) is 0 Å². The van der Waals surface area contributed by atoms with E-state index in [0.717, 1.165) is 19.3 Å². The summed E-state index contributed by atoms with van der Waals surface area (Å²) < 4.78 is 33.4. The zero-order valence-corrected chi connectivity index (χ0v) is 12.1. The van der Waals surface area contributed by atoms with E-state index in [-0.39, 0.29) is 17.2 Å². The van der Waals surface area contributed by atoms with Gasteiger partial charge < -0.3 is 15.2 Å². The van der Waals surface area contributed by atoms with E-state index >= 15 is 0 Å². The highest BCUT2D eigenvalue weighted by molar-refractivity contribution is 7.91. The Morgan fingerprint density at radius 3 is 2.67 bits per heavy atom. The summed E-state index contributed by atoms with van der Waals surface area (Å²) in [4.78, 5) is 0. The molecule has 1 aliphatic carbocycles. The van der Waals surface area contributed by atoms with Crippen LogP contribution in [0.1, 0.15) is 25.7 Å². The van der Waals surface area contributed by atoms with Gasteiger partial charge in [-0.15, -0.1) is 0 Å². The van der Waals surface area contributed by atoms with Gasteiger partial charge in [-0.25, -0.2) is 8.42 Å². The number of rotatable bonds is 7. The van der Waals surface area contributed by atoms with Crippen LogP contribution in [0.5, 0.6) is 0 Å². The van der Waals surface area contributed by atoms with Crippen LogP contribution in [0.4, 0.5) is 0 Å². The maximum Gasteiger partial charge on any atom is 0.150 e. The van der Waals surface area contributed by atoms with Crippen molar-refractivity contribution in [2.75, 3.05) is 33.2 Å². The van der Waals surface area contributed by atoms with Gasteiger partial charge in [0.05, 0.1) is 25.1 Å². The number of sulfone groups is 1. The normalized spacial score (nSPS) is 27.1. The first-order valence-electron chi connectivity index (χ1n) is 6.46. The fraction of sp³-hybridized carbons (Fsp3) is 1.00. The maximum atomic E-state index is 11.6. The van der Waals surface area contributed by atoms with Crippen molar-refractivity contribution < 1.29 is 17.9 Å². The molecule has 0 spiro atoms. The summed E-state index contributed by atoms with van der Waals surface area (Å²) in [7, 11) is -1.31. The molecule has 0 aromatic heterocycles. The fourth-order valence-electron chi connectivity index (χ4n) is 2.46. The molecule has 6 heteroatoms. The van der Waals surface area contributed by atoms with Crippen molar-refractivity contribution >= 4 is 9.84 Å². The lowest BCUT2D eigenvalue weighted by molar-refractivity contribution is 0.0526. The molecule has 0 bridgehead atoms. The van der Waals surface area contributed by atoms with Crippen molar-refractivity contribution in [3.63, 3.8) is 0 Å². The third-order valence-electron chi connectivity index (χ3n) is 3.62. The van der Waals surface area contributed by atoms with Gasteiger partial charge in [-0.1, -0.05) is 6.42 Å². The molecule has 1 aliphatic rings. The minimum absolute atomic E-state index is 0.0774. The number of hydrogen-bond donors (Lipinski definition) is 1. The number of methoxy groups -OCH3 is 1. The Hall–Kier alpha value is -0.170. The molecular formula is C12H25NO4S. The molecule has 0 radical (unpaired) electrons. The Kier molecular flexibility index (Phi) is 6.55. The zero-order valence-electron chi connectivity index (χ0n) is 11.3. The van der Waals surface area contributed by atoms with Crippen LogP contribution in [-0.2, 0) is 19.3 Å². The van der Waals surface area contributed by atoms with Gasteiger partial charge in [0.25, 0.3) is 0 Å². The number of nitrogens with two attached hydrogens (primary N) is 1. The van der Waals surface area contributed by atoms with Crippen molar-refractivity contribution in [2.45, 2.75) is 37.0 Å². The lowest BCUT2D eigenvalue weighted by Crippen LogP contribution is -2.40. The molecule has 0 aromatic carbocycles. The van der Waals surface area contributed by atoms with Gasteiger partial charge in [0.1, 0.15) is 9.84 Å². The first-order valence-corrected chi connectivity index (χ1v) is 8.41. The molecule has 0 aliphatic heterocycles. The SMILES string of the molecule is COCCOCC(N)C1CCCC(S(C)(=O)=O)C1. The van der Waals surface area contributed by atoms with Gasteiger partial charge in [0, 0.05) is 19.4 Å². The van der Waals surface area contributed by atoms with E-state index in [1.165, 1.54) is 6.26 Å². The van der Waals surface area contributed by atoms with Crippen LogP contribution >= 0.6 is 0 Å². The summed E-state index contributed by atoms with van der Waals surface area (Å²) in [6.45, 7) is 1.57. The molecule has 5 nitrogen and oxygen atoms in total. The van der Waals surface area contributed by atoms with E-state index in [0.29, 0.717) is 26.2 Å². The third-order valence-corrected chi connectivity index (χ3v) is 5.26. The van der Waals surface area contributed by atoms with Crippen LogP contribution in [0.2, 0.25) is 0 Å². The second-order valence-electron chi connectivity index (χ2n) is 5.11. The summed E-state index contributed by atoms with van der Waals surface area (Å²) in [6, 6.07) is -0.0774. The van der Waals surface area contributed by atoms with E-state index in [2.05, 4.69) is 0 Å². The zero-order chi connectivity index (χ0) is 13.6. The highest BCUT2D eigenvalue weighted by Crippen LogP contribution is 2.30. The molecule has 2 N–H and O–H groups in total. The van der Waals surface area contributed by atoms with Crippen molar-refractivity contribution in [3.8, 4) is 0 Å². The monoisotopic (exact) mass is 279 g/mol. The Labute approximate surface area is 110 Å². The smallest absolute Gasteiger partial charge is 0.150 e. The number of ether oxygens (including phenoxy) is 2. The molecule has 3 unspecified atom stereocenters. The molecule has 108 valence electrons. The van der Waals surface area contributed by atoms with Crippen LogP contribution in [0.3, 0.4) is 0 Å². The van der Waals surface area contributed by atoms with E-state index in [9.17, 15) is 8.42 Å². The van der Waals surface area contributed by atoms with Crippen molar-refractivity contribution in [1.82, 2.24) is 0 Å². The second kappa shape index (κ2) is 7.43. The minimum atomic E-state index is -2.94. The molecule has 0 saturated heterocycles. The summed E-state index contributed by atoms with van der Waals surface area (Å²) in [6.07, 6.45) is 4.70. The topological polar surface area (TPSA) is 78.6 Å².